The van der Waals surface area contributed by atoms with Gasteiger partial charge in [-0.15, -0.1) is 0 Å². The molecular weight excluding hydrogens is 366 g/mol. The number of hydrogen-bond acceptors (Lipinski definition) is 3. The number of furan rings is 1. The largest absolute Gasteiger partial charge is 0.467 e. The van der Waals surface area contributed by atoms with Crippen molar-refractivity contribution in [3.8, 4) is 0 Å². The smallest absolute Gasteiger partial charge is 0.173 e. The van der Waals surface area contributed by atoms with Crippen LogP contribution in [0.3, 0.4) is 0 Å². The van der Waals surface area contributed by atoms with Crippen LogP contribution in [-0.4, -0.2) is 41.1 Å². The highest BCUT2D eigenvalue weighted by atomic mass is 32.1. The fourth-order valence-electron chi connectivity index (χ4n) is 3.89. The monoisotopic (exact) mass is 399 g/mol. The summed E-state index contributed by atoms with van der Waals surface area (Å²) in [6.07, 6.45) is 8.27. The number of benzene rings is 1. The lowest BCUT2D eigenvalue weighted by Gasteiger charge is -2.27. The maximum Gasteiger partial charge on any atom is 0.173 e. The Balaban J connectivity index is 1.61. The molecule has 0 unspecified atom stereocenters. The molecule has 1 saturated heterocycles. The van der Waals surface area contributed by atoms with Crippen molar-refractivity contribution in [2.75, 3.05) is 31.5 Å². The third kappa shape index (κ3) is 6.08. The average Bonchev–Trinajstić information content (AvgIpc) is 3.05. The molecule has 4 nitrogen and oxygen atoms in total. The lowest BCUT2D eigenvalue weighted by molar-refractivity contribution is 0.262. The summed E-state index contributed by atoms with van der Waals surface area (Å²) in [5.41, 5.74) is 3.54. The zero-order chi connectivity index (χ0) is 19.8. The fourth-order valence-corrected chi connectivity index (χ4v) is 4.14. The minimum Gasteiger partial charge on any atom is -0.467 e. The minimum absolute atomic E-state index is 0.698. The lowest BCUT2D eigenvalue weighted by atomic mass is 10.1. The maximum atomic E-state index is 5.80. The summed E-state index contributed by atoms with van der Waals surface area (Å²) in [7, 11) is 0. The number of hydrogen-bond donors (Lipinski definition) is 1. The number of likely N-dealkylation sites (tertiary alicyclic amines) is 1. The molecule has 5 heteroatoms. The van der Waals surface area contributed by atoms with Crippen LogP contribution in [0.5, 0.6) is 0 Å². The van der Waals surface area contributed by atoms with Gasteiger partial charge in [0.25, 0.3) is 0 Å². The van der Waals surface area contributed by atoms with Crippen molar-refractivity contribution in [3.63, 3.8) is 0 Å². The van der Waals surface area contributed by atoms with Crippen molar-refractivity contribution in [1.82, 2.24) is 9.80 Å². The zero-order valence-electron chi connectivity index (χ0n) is 17.2. The number of thiocarbonyl (C=S) groups is 1. The van der Waals surface area contributed by atoms with Crippen molar-refractivity contribution in [1.29, 1.82) is 0 Å². The molecule has 0 spiro atoms. The Morgan fingerprint density at radius 3 is 2.43 bits per heavy atom. The van der Waals surface area contributed by atoms with Crippen LogP contribution in [0.25, 0.3) is 0 Å². The summed E-state index contributed by atoms with van der Waals surface area (Å²) in [6, 6.07) is 10.3. The number of para-hydroxylation sites is 1. The predicted octanol–water partition coefficient (Wildman–Crippen LogP) is 5.36. The van der Waals surface area contributed by atoms with Crippen LogP contribution in [-0.2, 0) is 6.54 Å². The Labute approximate surface area is 174 Å². The van der Waals surface area contributed by atoms with E-state index >= 15 is 0 Å². The van der Waals surface area contributed by atoms with Gasteiger partial charge in [-0.25, -0.2) is 0 Å². The molecule has 0 radical (unpaired) electrons. The van der Waals surface area contributed by atoms with Crippen LogP contribution in [0.4, 0.5) is 5.69 Å². The van der Waals surface area contributed by atoms with Crippen LogP contribution in [0.1, 0.15) is 49.0 Å². The predicted molar refractivity (Wildman–Crippen MR) is 121 cm³/mol. The number of aryl methyl sites for hydroxylation is 2. The normalized spacial score (nSPS) is 15.2. The van der Waals surface area contributed by atoms with Crippen molar-refractivity contribution in [2.45, 2.75) is 52.5 Å². The molecule has 0 atom stereocenters. The van der Waals surface area contributed by atoms with Crippen LogP contribution in [0.2, 0.25) is 0 Å². The highest BCUT2D eigenvalue weighted by Crippen LogP contribution is 2.20. The van der Waals surface area contributed by atoms with E-state index in [2.05, 4.69) is 47.2 Å². The van der Waals surface area contributed by atoms with E-state index in [1.54, 1.807) is 6.26 Å². The summed E-state index contributed by atoms with van der Waals surface area (Å²) in [4.78, 5) is 4.85. The quantitative estimate of drug-likeness (QED) is 0.633. The molecule has 2 heterocycles. The van der Waals surface area contributed by atoms with Crippen molar-refractivity contribution >= 4 is 23.0 Å². The van der Waals surface area contributed by atoms with Crippen LogP contribution < -0.4 is 5.32 Å². The third-order valence-electron chi connectivity index (χ3n) is 5.53. The Morgan fingerprint density at radius 2 is 1.79 bits per heavy atom. The molecule has 1 aromatic carbocycles. The molecule has 1 aliphatic rings. The molecule has 1 fully saturated rings. The summed E-state index contributed by atoms with van der Waals surface area (Å²) in [5, 5.41) is 4.26. The number of anilines is 1. The minimum atomic E-state index is 0.698. The third-order valence-corrected chi connectivity index (χ3v) is 5.89. The van der Waals surface area contributed by atoms with Gasteiger partial charge < -0.3 is 19.5 Å². The second-order valence-corrected chi connectivity index (χ2v) is 8.19. The lowest BCUT2D eigenvalue weighted by Crippen LogP contribution is -2.37. The molecule has 0 bridgehead atoms. The SMILES string of the molecule is Cc1cccc(C)c1NC(=S)N(CCCN1CCCCCC1)Cc1ccco1. The molecule has 152 valence electrons. The summed E-state index contributed by atoms with van der Waals surface area (Å²) >= 11 is 5.80. The molecule has 3 rings (SSSR count). The highest BCUT2D eigenvalue weighted by molar-refractivity contribution is 7.80. The van der Waals surface area contributed by atoms with Crippen LogP contribution in [0, 0.1) is 13.8 Å². The Hall–Kier alpha value is -1.85. The first-order valence-electron chi connectivity index (χ1n) is 10.5. The van der Waals surface area contributed by atoms with E-state index in [1.807, 2.05) is 12.1 Å². The van der Waals surface area contributed by atoms with Gasteiger partial charge >= 0.3 is 0 Å². The standard InChI is InChI=1S/C23H33N3OS/c1-19-10-7-11-20(2)22(19)24-23(28)26(18-21-12-8-17-27-21)16-9-15-25-13-5-3-4-6-14-25/h7-8,10-12,17H,3-6,9,13-16,18H2,1-2H3,(H,24,28). The zero-order valence-corrected chi connectivity index (χ0v) is 18.1. The first-order chi connectivity index (χ1) is 13.6. The number of nitrogens with one attached hydrogen (secondary N) is 1. The summed E-state index contributed by atoms with van der Waals surface area (Å²) < 4.78 is 5.59. The fraction of sp³-hybridized carbons (Fsp3) is 0.522. The first-order valence-corrected chi connectivity index (χ1v) is 10.9. The molecule has 0 aliphatic carbocycles. The van der Waals surface area contributed by atoms with Crippen molar-refractivity contribution in [2.24, 2.45) is 0 Å². The molecule has 1 N–H and O–H groups in total. The molecule has 1 aromatic heterocycles. The molecule has 2 aromatic rings. The van der Waals surface area contributed by atoms with Gasteiger partial charge in [0.05, 0.1) is 12.8 Å². The van der Waals surface area contributed by atoms with E-state index in [4.69, 9.17) is 16.6 Å². The average molecular weight is 400 g/mol. The second kappa shape index (κ2) is 10.6. The van der Waals surface area contributed by atoms with Gasteiger partial charge in [-0.1, -0.05) is 31.0 Å². The molecule has 1 aliphatic heterocycles. The Morgan fingerprint density at radius 1 is 1.07 bits per heavy atom. The van der Waals surface area contributed by atoms with Gasteiger partial charge in [-0.3, -0.25) is 0 Å². The van der Waals surface area contributed by atoms with Gasteiger partial charge in [0, 0.05) is 12.2 Å². The second-order valence-electron chi connectivity index (χ2n) is 7.81. The molecule has 0 saturated carbocycles. The van der Waals surface area contributed by atoms with E-state index in [0.29, 0.717) is 6.54 Å². The number of rotatable bonds is 7. The van der Waals surface area contributed by atoms with E-state index < -0.39 is 0 Å². The molecule has 28 heavy (non-hydrogen) atoms. The van der Waals surface area contributed by atoms with E-state index in [9.17, 15) is 0 Å². The van der Waals surface area contributed by atoms with E-state index in [0.717, 1.165) is 36.1 Å². The van der Waals surface area contributed by atoms with E-state index in [1.165, 1.54) is 49.9 Å². The number of nitrogens with zero attached hydrogens (tertiary/aromatic N) is 2. The van der Waals surface area contributed by atoms with Crippen LogP contribution >= 0.6 is 12.2 Å². The molecule has 0 amide bonds. The summed E-state index contributed by atoms with van der Waals surface area (Å²) in [6.45, 7) is 9.48. The van der Waals surface area contributed by atoms with Crippen LogP contribution in [0.15, 0.2) is 41.0 Å². The molecular formula is C23H33N3OS. The van der Waals surface area contributed by atoms with Crippen molar-refractivity contribution in [3.05, 3.63) is 53.5 Å². The Bertz CT molecular complexity index is 716. The van der Waals surface area contributed by atoms with Gasteiger partial charge in [-0.05, 0) is 88.2 Å². The maximum absolute atomic E-state index is 5.80. The van der Waals surface area contributed by atoms with Gasteiger partial charge in [0.2, 0.25) is 0 Å². The van der Waals surface area contributed by atoms with Gasteiger partial charge in [0.1, 0.15) is 5.76 Å². The topological polar surface area (TPSA) is 31.6 Å². The van der Waals surface area contributed by atoms with Gasteiger partial charge in [0.15, 0.2) is 5.11 Å². The Kier molecular flexibility index (Phi) is 7.92. The first kappa shape index (κ1) is 20.9. The van der Waals surface area contributed by atoms with Crippen molar-refractivity contribution < 1.29 is 4.42 Å². The van der Waals surface area contributed by atoms with Gasteiger partial charge in [-0.2, -0.15) is 0 Å². The highest BCUT2D eigenvalue weighted by Gasteiger charge is 2.15. The summed E-state index contributed by atoms with van der Waals surface area (Å²) in [5.74, 6) is 0.945. The van der Waals surface area contributed by atoms with E-state index in [-0.39, 0.29) is 0 Å².